The van der Waals surface area contributed by atoms with E-state index in [4.69, 9.17) is 0 Å². The summed E-state index contributed by atoms with van der Waals surface area (Å²) < 4.78 is 37.7. The molecule has 2 aromatic rings. The summed E-state index contributed by atoms with van der Waals surface area (Å²) in [6.07, 6.45) is -3.30. The first-order valence-electron chi connectivity index (χ1n) is 5.52. The lowest BCUT2D eigenvalue weighted by Gasteiger charge is -2.01. The molecule has 0 spiro atoms. The highest BCUT2D eigenvalue weighted by molar-refractivity contribution is 5.98. The summed E-state index contributed by atoms with van der Waals surface area (Å²) in [7, 11) is 0. The van der Waals surface area contributed by atoms with Gasteiger partial charge in [0.2, 0.25) is 0 Å². The van der Waals surface area contributed by atoms with Crippen molar-refractivity contribution in [1.29, 1.82) is 0 Å². The number of halogens is 3. The maximum atomic E-state index is 12.2. The van der Waals surface area contributed by atoms with Gasteiger partial charge >= 0.3 is 6.18 Å². The third-order valence-electron chi connectivity index (χ3n) is 2.50. The molecule has 0 saturated carbocycles. The Labute approximate surface area is 106 Å². The molecule has 0 aliphatic rings. The van der Waals surface area contributed by atoms with Gasteiger partial charge in [-0.1, -0.05) is 35.5 Å². The van der Waals surface area contributed by atoms with Crippen LogP contribution < -0.4 is 0 Å². The minimum absolute atomic E-state index is 0.363. The van der Waals surface area contributed by atoms with E-state index in [0.717, 1.165) is 11.8 Å². The quantitative estimate of drug-likeness (QED) is 0.800. The van der Waals surface area contributed by atoms with Gasteiger partial charge in [0.15, 0.2) is 5.69 Å². The van der Waals surface area contributed by atoms with Gasteiger partial charge in [-0.2, -0.15) is 13.2 Å². The molecule has 0 amide bonds. The van der Waals surface area contributed by atoms with Crippen molar-refractivity contribution in [2.24, 2.45) is 0 Å². The Morgan fingerprint density at radius 1 is 1.21 bits per heavy atom. The zero-order valence-electron chi connectivity index (χ0n) is 9.76. The first-order chi connectivity index (χ1) is 8.97. The monoisotopic (exact) mass is 269 g/mol. The molecule has 7 heteroatoms. The summed E-state index contributed by atoms with van der Waals surface area (Å²) in [6.45, 7) is 0.363. The van der Waals surface area contributed by atoms with Crippen molar-refractivity contribution in [3.05, 3.63) is 47.8 Å². The van der Waals surface area contributed by atoms with Crippen LogP contribution in [0.3, 0.4) is 0 Å². The topological polar surface area (TPSA) is 47.8 Å². The Kier molecular flexibility index (Phi) is 3.64. The Balaban J connectivity index is 2.00. The number of hydrogen-bond acceptors (Lipinski definition) is 3. The second kappa shape index (κ2) is 5.21. The molecule has 1 aromatic carbocycles. The highest BCUT2D eigenvalue weighted by Gasteiger charge is 2.41. The molecule has 0 aliphatic heterocycles. The van der Waals surface area contributed by atoms with Gasteiger partial charge in [-0.05, 0) is 12.0 Å². The highest BCUT2D eigenvalue weighted by atomic mass is 19.4. The maximum absolute atomic E-state index is 12.2. The first kappa shape index (κ1) is 13.3. The van der Waals surface area contributed by atoms with E-state index in [1.54, 1.807) is 0 Å². The molecule has 0 unspecified atom stereocenters. The van der Waals surface area contributed by atoms with Crippen molar-refractivity contribution in [2.75, 3.05) is 0 Å². The summed E-state index contributed by atoms with van der Waals surface area (Å²) in [5.74, 6) is -1.97. The lowest BCUT2D eigenvalue weighted by Crippen LogP contribution is -2.23. The molecular formula is C12H10F3N3O. The largest absolute Gasteiger partial charge is 0.456 e. The van der Waals surface area contributed by atoms with E-state index in [9.17, 15) is 18.0 Å². The number of alkyl halides is 3. The van der Waals surface area contributed by atoms with Crippen molar-refractivity contribution in [3.8, 4) is 0 Å². The van der Waals surface area contributed by atoms with Crippen LogP contribution in [0.5, 0.6) is 0 Å². The second-order valence-corrected chi connectivity index (χ2v) is 3.93. The van der Waals surface area contributed by atoms with Gasteiger partial charge < -0.3 is 0 Å². The SMILES string of the molecule is O=C(c1cn(CCc2ccccc2)nn1)C(F)(F)F. The first-order valence-corrected chi connectivity index (χ1v) is 5.52. The molecular weight excluding hydrogens is 259 g/mol. The van der Waals surface area contributed by atoms with Crippen LogP contribution >= 0.6 is 0 Å². The number of nitrogens with zero attached hydrogens (tertiary/aromatic N) is 3. The average molecular weight is 269 g/mol. The number of aryl methyl sites for hydroxylation is 2. The predicted octanol–water partition coefficient (Wildman–Crippen LogP) is 2.27. The second-order valence-electron chi connectivity index (χ2n) is 3.93. The van der Waals surface area contributed by atoms with Gasteiger partial charge in [0.1, 0.15) is 0 Å². The molecule has 1 heterocycles. The van der Waals surface area contributed by atoms with E-state index in [1.807, 2.05) is 30.3 Å². The van der Waals surface area contributed by atoms with Gasteiger partial charge in [0.05, 0.1) is 6.20 Å². The van der Waals surface area contributed by atoms with Crippen LogP contribution in [0.1, 0.15) is 16.1 Å². The molecule has 0 aliphatic carbocycles. The summed E-state index contributed by atoms with van der Waals surface area (Å²) in [4.78, 5) is 10.9. The van der Waals surface area contributed by atoms with Crippen LogP contribution in [-0.4, -0.2) is 27.0 Å². The molecule has 0 radical (unpaired) electrons. The van der Waals surface area contributed by atoms with E-state index < -0.39 is 17.7 Å². The van der Waals surface area contributed by atoms with E-state index in [-0.39, 0.29) is 0 Å². The molecule has 2 rings (SSSR count). The van der Waals surface area contributed by atoms with Crippen LogP contribution in [0.25, 0.3) is 0 Å². The van der Waals surface area contributed by atoms with Crippen LogP contribution in [-0.2, 0) is 13.0 Å². The molecule has 0 atom stereocenters. The smallest absolute Gasteiger partial charge is 0.282 e. The van der Waals surface area contributed by atoms with Gasteiger partial charge in [-0.3, -0.25) is 9.48 Å². The van der Waals surface area contributed by atoms with Crippen molar-refractivity contribution < 1.29 is 18.0 Å². The maximum Gasteiger partial charge on any atom is 0.456 e. The highest BCUT2D eigenvalue weighted by Crippen LogP contribution is 2.19. The van der Waals surface area contributed by atoms with Crippen LogP contribution in [0.2, 0.25) is 0 Å². The van der Waals surface area contributed by atoms with E-state index >= 15 is 0 Å². The molecule has 100 valence electrons. The number of hydrogen-bond donors (Lipinski definition) is 0. The number of Topliss-reactive ketones (excluding diaryl/α,β-unsaturated/α-hetero) is 1. The fraction of sp³-hybridized carbons (Fsp3) is 0.250. The fourth-order valence-corrected chi connectivity index (χ4v) is 1.55. The summed E-state index contributed by atoms with van der Waals surface area (Å²) in [6, 6.07) is 9.42. The zero-order chi connectivity index (χ0) is 13.9. The lowest BCUT2D eigenvalue weighted by molar-refractivity contribution is -0.0888. The number of carbonyl (C=O) groups is 1. The normalized spacial score (nSPS) is 11.5. The average Bonchev–Trinajstić information content (AvgIpc) is 2.84. The summed E-state index contributed by atoms with van der Waals surface area (Å²) >= 11 is 0. The van der Waals surface area contributed by atoms with Crippen molar-refractivity contribution in [2.45, 2.75) is 19.1 Å². The van der Waals surface area contributed by atoms with Crippen LogP contribution in [0.15, 0.2) is 36.5 Å². The minimum atomic E-state index is -4.92. The van der Waals surface area contributed by atoms with Gasteiger partial charge in [0.25, 0.3) is 5.78 Å². The molecule has 1 aromatic heterocycles. The Bertz CT molecular complexity index is 563. The minimum Gasteiger partial charge on any atom is -0.282 e. The van der Waals surface area contributed by atoms with Crippen LogP contribution in [0, 0.1) is 0 Å². The third-order valence-corrected chi connectivity index (χ3v) is 2.50. The van der Waals surface area contributed by atoms with Crippen molar-refractivity contribution >= 4 is 5.78 Å². The molecule has 4 nitrogen and oxygen atoms in total. The molecule has 0 N–H and O–H groups in total. The number of rotatable bonds is 4. The Hall–Kier alpha value is -2.18. The van der Waals surface area contributed by atoms with Crippen LogP contribution in [0.4, 0.5) is 13.2 Å². The number of benzene rings is 1. The Morgan fingerprint density at radius 3 is 2.53 bits per heavy atom. The van der Waals surface area contributed by atoms with Crippen molar-refractivity contribution in [1.82, 2.24) is 15.0 Å². The standard InChI is InChI=1S/C12H10F3N3O/c13-12(14,15)11(19)10-8-18(17-16-10)7-6-9-4-2-1-3-5-9/h1-5,8H,6-7H2. The fourth-order valence-electron chi connectivity index (χ4n) is 1.55. The Morgan fingerprint density at radius 2 is 1.89 bits per heavy atom. The van der Waals surface area contributed by atoms with E-state index in [0.29, 0.717) is 13.0 Å². The van der Waals surface area contributed by atoms with E-state index in [2.05, 4.69) is 10.3 Å². The number of ketones is 1. The molecule has 0 saturated heterocycles. The number of carbonyl (C=O) groups excluding carboxylic acids is 1. The molecule has 0 bridgehead atoms. The lowest BCUT2D eigenvalue weighted by atomic mass is 10.1. The third kappa shape index (κ3) is 3.40. The van der Waals surface area contributed by atoms with E-state index in [1.165, 1.54) is 4.68 Å². The van der Waals surface area contributed by atoms with Crippen molar-refractivity contribution in [3.63, 3.8) is 0 Å². The van der Waals surface area contributed by atoms with Gasteiger partial charge in [-0.15, -0.1) is 5.10 Å². The molecule has 0 fully saturated rings. The zero-order valence-corrected chi connectivity index (χ0v) is 9.76. The van der Waals surface area contributed by atoms with Gasteiger partial charge in [-0.25, -0.2) is 0 Å². The predicted molar refractivity (Wildman–Crippen MR) is 60.6 cm³/mol. The number of aromatic nitrogens is 3. The van der Waals surface area contributed by atoms with Gasteiger partial charge in [0, 0.05) is 6.54 Å². The summed E-state index contributed by atoms with van der Waals surface area (Å²) in [5.41, 5.74) is 0.349. The molecule has 19 heavy (non-hydrogen) atoms. The summed E-state index contributed by atoms with van der Waals surface area (Å²) in [5, 5.41) is 6.75.